The third kappa shape index (κ3) is 4.18. The van der Waals surface area contributed by atoms with E-state index in [-0.39, 0.29) is 6.10 Å². The van der Waals surface area contributed by atoms with E-state index in [1.807, 2.05) is 53.5 Å². The van der Waals surface area contributed by atoms with Crippen LogP contribution < -0.4 is 15.8 Å². The number of pyridine rings is 2. The van der Waals surface area contributed by atoms with Crippen molar-refractivity contribution in [2.75, 3.05) is 24.2 Å². The summed E-state index contributed by atoms with van der Waals surface area (Å²) in [6, 6.07) is 12.0. The number of hydrogen-bond donors (Lipinski definition) is 2. The lowest BCUT2D eigenvalue weighted by molar-refractivity contribution is 0.113. The first-order valence-electron chi connectivity index (χ1n) is 12.1. The molecule has 9 nitrogen and oxygen atoms in total. The van der Waals surface area contributed by atoms with E-state index in [4.69, 9.17) is 15.2 Å². The van der Waals surface area contributed by atoms with E-state index in [0.29, 0.717) is 12.4 Å². The molecule has 5 aromatic rings. The van der Waals surface area contributed by atoms with Gasteiger partial charge in [-0.15, -0.1) is 0 Å². The summed E-state index contributed by atoms with van der Waals surface area (Å²) in [5.41, 5.74) is 10.7. The highest BCUT2D eigenvalue weighted by Gasteiger charge is 2.25. The second kappa shape index (κ2) is 9.43. The third-order valence-electron chi connectivity index (χ3n) is 6.40. The Balaban J connectivity index is 1.28. The van der Waals surface area contributed by atoms with Crippen molar-refractivity contribution < 1.29 is 9.47 Å². The number of nitrogens with two attached hydrogens (primary N) is 1. The van der Waals surface area contributed by atoms with Crippen LogP contribution in [0.1, 0.15) is 37.0 Å². The Morgan fingerprint density at radius 1 is 1.17 bits per heavy atom. The number of aromatic nitrogens is 5. The quantitative estimate of drug-likeness (QED) is 0.341. The Labute approximate surface area is 208 Å². The number of nitrogens with one attached hydrogen (secondary N) is 1. The van der Waals surface area contributed by atoms with Crippen molar-refractivity contribution in [3.8, 4) is 11.4 Å². The van der Waals surface area contributed by atoms with Gasteiger partial charge in [0.1, 0.15) is 36.0 Å². The van der Waals surface area contributed by atoms with Crippen LogP contribution in [0.5, 0.6) is 5.75 Å². The van der Waals surface area contributed by atoms with Crippen molar-refractivity contribution in [2.24, 2.45) is 0 Å². The largest absolute Gasteiger partial charge is 0.489 e. The summed E-state index contributed by atoms with van der Waals surface area (Å²) in [5.74, 6) is 2.06. The lowest BCUT2D eigenvalue weighted by atomic mass is 10.1. The molecule has 3 N–H and O–H groups in total. The molecule has 1 aliphatic rings. The average molecular weight is 482 g/mol. The summed E-state index contributed by atoms with van der Waals surface area (Å²) in [6.07, 6.45) is 9.13. The maximum Gasteiger partial charge on any atom is 0.150 e. The molecule has 4 aromatic heterocycles. The molecule has 1 aliphatic heterocycles. The van der Waals surface area contributed by atoms with E-state index < -0.39 is 0 Å². The molecular weight excluding hydrogens is 454 g/mol. The van der Waals surface area contributed by atoms with Gasteiger partial charge in [-0.2, -0.15) is 0 Å². The van der Waals surface area contributed by atoms with Gasteiger partial charge in [-0.05, 0) is 50.1 Å². The van der Waals surface area contributed by atoms with E-state index in [2.05, 4.69) is 38.2 Å². The van der Waals surface area contributed by atoms with Gasteiger partial charge in [0.15, 0.2) is 0 Å². The highest BCUT2D eigenvalue weighted by molar-refractivity contribution is 5.91. The van der Waals surface area contributed by atoms with Crippen molar-refractivity contribution in [1.29, 1.82) is 0 Å². The van der Waals surface area contributed by atoms with Gasteiger partial charge < -0.3 is 20.5 Å². The lowest BCUT2D eigenvalue weighted by Gasteiger charge is -2.10. The SMILES string of the molecule is CCNc1ccc2ccc(OCc3cncc(-n4cc([C@@H]5CCCO5)c5c(N)ncnc54)c3)cc2n1. The number of fused-ring (bicyclic) bond motifs is 2. The van der Waals surface area contributed by atoms with Gasteiger partial charge in [0, 0.05) is 48.1 Å². The molecule has 0 amide bonds. The minimum Gasteiger partial charge on any atom is -0.489 e. The Bertz CT molecular complexity index is 1540. The van der Waals surface area contributed by atoms with Crippen molar-refractivity contribution in [2.45, 2.75) is 32.5 Å². The predicted molar refractivity (Wildman–Crippen MR) is 139 cm³/mol. The van der Waals surface area contributed by atoms with Gasteiger partial charge in [-0.1, -0.05) is 0 Å². The van der Waals surface area contributed by atoms with Crippen LogP contribution in [0.3, 0.4) is 0 Å². The summed E-state index contributed by atoms with van der Waals surface area (Å²) in [6.45, 7) is 3.99. The van der Waals surface area contributed by atoms with Crippen molar-refractivity contribution in [1.82, 2.24) is 24.5 Å². The third-order valence-corrected chi connectivity index (χ3v) is 6.40. The van der Waals surface area contributed by atoms with E-state index >= 15 is 0 Å². The average Bonchev–Trinajstić information content (AvgIpc) is 3.57. The van der Waals surface area contributed by atoms with Crippen LogP contribution in [0.4, 0.5) is 11.6 Å². The molecule has 0 unspecified atom stereocenters. The maximum atomic E-state index is 6.26. The smallest absolute Gasteiger partial charge is 0.150 e. The van der Waals surface area contributed by atoms with Gasteiger partial charge in [-0.25, -0.2) is 15.0 Å². The van der Waals surface area contributed by atoms with E-state index in [0.717, 1.165) is 76.3 Å². The van der Waals surface area contributed by atoms with Gasteiger partial charge in [0.2, 0.25) is 0 Å². The topological polar surface area (TPSA) is 113 Å². The van der Waals surface area contributed by atoms with Crippen LogP contribution in [-0.4, -0.2) is 37.7 Å². The molecule has 0 spiro atoms. The summed E-state index contributed by atoms with van der Waals surface area (Å²) in [5, 5.41) is 5.15. The summed E-state index contributed by atoms with van der Waals surface area (Å²) in [7, 11) is 0. The first-order valence-corrected chi connectivity index (χ1v) is 12.1. The Hall–Kier alpha value is -4.24. The maximum absolute atomic E-state index is 6.26. The molecule has 1 fully saturated rings. The van der Waals surface area contributed by atoms with Crippen LogP contribution in [0.15, 0.2) is 61.3 Å². The molecule has 0 bridgehead atoms. The molecule has 6 rings (SSSR count). The molecule has 1 atom stereocenters. The molecule has 9 heteroatoms. The number of anilines is 2. The monoisotopic (exact) mass is 481 g/mol. The number of nitrogen functional groups attached to an aromatic ring is 1. The minimum absolute atomic E-state index is 0.00363. The van der Waals surface area contributed by atoms with Gasteiger partial charge >= 0.3 is 0 Å². The molecular formula is C27H27N7O2. The van der Waals surface area contributed by atoms with E-state index in [9.17, 15) is 0 Å². The Morgan fingerprint density at radius 3 is 2.94 bits per heavy atom. The molecule has 5 heterocycles. The van der Waals surface area contributed by atoms with Gasteiger partial charge in [0.05, 0.1) is 28.9 Å². The number of nitrogens with zero attached hydrogens (tertiary/aromatic N) is 5. The highest BCUT2D eigenvalue weighted by atomic mass is 16.5. The standard InChI is InChI=1S/C27H27N7O2/c1-2-30-24-8-6-18-5-7-20(11-22(18)33-24)36-15-17-10-19(13-29-12-17)34-14-21(23-4-3-9-35-23)25-26(28)31-16-32-27(25)34/h5-8,10-14,16,23H,2-4,9,15H2,1H3,(H,30,33)(H2,28,31,32)/t23-/m0/s1. The summed E-state index contributed by atoms with van der Waals surface area (Å²) < 4.78 is 14.1. The minimum atomic E-state index is -0.00363. The second-order valence-corrected chi connectivity index (χ2v) is 8.84. The molecule has 182 valence electrons. The van der Waals surface area contributed by atoms with Crippen molar-refractivity contribution >= 4 is 33.6 Å². The van der Waals surface area contributed by atoms with Crippen LogP contribution in [0, 0.1) is 0 Å². The van der Waals surface area contributed by atoms with Crippen molar-refractivity contribution in [3.05, 3.63) is 72.4 Å². The van der Waals surface area contributed by atoms with Gasteiger partial charge in [-0.3, -0.25) is 9.55 Å². The van der Waals surface area contributed by atoms with Crippen LogP contribution >= 0.6 is 0 Å². The number of rotatable bonds is 7. The zero-order valence-corrected chi connectivity index (χ0v) is 20.0. The number of ether oxygens (including phenoxy) is 2. The number of hydrogen-bond acceptors (Lipinski definition) is 8. The fourth-order valence-electron chi connectivity index (χ4n) is 4.70. The lowest BCUT2D eigenvalue weighted by Crippen LogP contribution is -2.01. The highest BCUT2D eigenvalue weighted by Crippen LogP contribution is 2.37. The van der Waals surface area contributed by atoms with Gasteiger partial charge in [0.25, 0.3) is 0 Å². The molecule has 0 saturated carbocycles. The molecule has 1 aromatic carbocycles. The molecule has 0 aliphatic carbocycles. The fourth-order valence-corrected chi connectivity index (χ4v) is 4.70. The first kappa shape index (κ1) is 22.2. The normalized spacial score (nSPS) is 15.5. The molecule has 1 saturated heterocycles. The van der Waals surface area contributed by atoms with E-state index in [1.54, 1.807) is 0 Å². The predicted octanol–water partition coefficient (Wildman–Crippen LogP) is 4.81. The van der Waals surface area contributed by atoms with E-state index in [1.165, 1.54) is 6.33 Å². The fraction of sp³-hybridized carbons (Fsp3) is 0.259. The summed E-state index contributed by atoms with van der Waals surface area (Å²) in [4.78, 5) is 17.9. The van der Waals surface area contributed by atoms with Crippen LogP contribution in [-0.2, 0) is 11.3 Å². The second-order valence-electron chi connectivity index (χ2n) is 8.84. The zero-order valence-electron chi connectivity index (χ0n) is 20.0. The molecule has 36 heavy (non-hydrogen) atoms. The Morgan fingerprint density at radius 2 is 2.08 bits per heavy atom. The summed E-state index contributed by atoms with van der Waals surface area (Å²) >= 11 is 0. The van der Waals surface area contributed by atoms with Crippen LogP contribution in [0.2, 0.25) is 0 Å². The van der Waals surface area contributed by atoms with Crippen LogP contribution in [0.25, 0.3) is 27.6 Å². The molecule has 0 radical (unpaired) electrons. The zero-order chi connectivity index (χ0) is 24.5. The number of benzene rings is 1. The van der Waals surface area contributed by atoms with Crippen molar-refractivity contribution in [3.63, 3.8) is 0 Å². The first-order chi connectivity index (χ1) is 17.7. The Kier molecular flexibility index (Phi) is 5.82.